The zero-order valence-corrected chi connectivity index (χ0v) is 5.88. The third kappa shape index (κ3) is 1.69. The van der Waals surface area contributed by atoms with Gasteiger partial charge in [0.1, 0.15) is 0 Å². The van der Waals surface area contributed by atoms with Crippen LogP contribution in [-0.2, 0) is 0 Å². The summed E-state index contributed by atoms with van der Waals surface area (Å²) in [6.45, 7) is 1.66. The first-order valence-electron chi connectivity index (χ1n) is 3.60. The zero-order chi connectivity index (χ0) is 7.40. The van der Waals surface area contributed by atoms with Gasteiger partial charge in [-0.3, -0.25) is 0 Å². The fourth-order valence-corrected chi connectivity index (χ4v) is 1.23. The largest absolute Gasteiger partial charge is 0.393 e. The van der Waals surface area contributed by atoms with Crippen LogP contribution in [0, 0.1) is 17.2 Å². The van der Waals surface area contributed by atoms with Crippen LogP contribution in [0.1, 0.15) is 12.8 Å². The Kier molecular flexibility index (Phi) is 2.67. The number of hydrogen-bond acceptors (Lipinski definition) is 3. The normalized spacial score (nSPS) is 33.2. The van der Waals surface area contributed by atoms with Crippen molar-refractivity contribution < 1.29 is 5.11 Å². The molecule has 3 heteroatoms. The van der Waals surface area contributed by atoms with Gasteiger partial charge in [-0.05, 0) is 13.0 Å². The van der Waals surface area contributed by atoms with E-state index in [9.17, 15) is 5.11 Å². The van der Waals surface area contributed by atoms with E-state index in [1.165, 1.54) is 0 Å². The molecule has 1 aliphatic heterocycles. The van der Waals surface area contributed by atoms with Crippen molar-refractivity contribution in [2.75, 3.05) is 13.1 Å². The Balaban J connectivity index is 2.34. The Morgan fingerprint density at radius 1 is 1.70 bits per heavy atom. The van der Waals surface area contributed by atoms with E-state index in [0.717, 1.165) is 19.5 Å². The number of hydrogen-bond donors (Lipinski definition) is 2. The second-order valence-corrected chi connectivity index (χ2v) is 2.68. The average molecular weight is 140 g/mol. The van der Waals surface area contributed by atoms with Crippen LogP contribution in [-0.4, -0.2) is 24.3 Å². The van der Waals surface area contributed by atoms with Gasteiger partial charge in [-0.1, -0.05) is 0 Å². The van der Waals surface area contributed by atoms with Gasteiger partial charge in [0, 0.05) is 18.9 Å². The molecule has 0 aromatic heterocycles. The number of aliphatic hydroxyl groups is 1. The molecule has 1 heterocycles. The number of piperidine rings is 1. The van der Waals surface area contributed by atoms with Crippen molar-refractivity contribution in [3.63, 3.8) is 0 Å². The van der Waals surface area contributed by atoms with Crippen molar-refractivity contribution in [2.45, 2.75) is 18.9 Å². The minimum Gasteiger partial charge on any atom is -0.393 e. The van der Waals surface area contributed by atoms with Gasteiger partial charge >= 0.3 is 0 Å². The Hall–Kier alpha value is -0.590. The first kappa shape index (κ1) is 7.52. The highest BCUT2D eigenvalue weighted by Gasteiger charge is 2.21. The summed E-state index contributed by atoms with van der Waals surface area (Å²) in [4.78, 5) is 0. The molecule has 1 fully saturated rings. The summed E-state index contributed by atoms with van der Waals surface area (Å²) in [5.41, 5.74) is 0. The van der Waals surface area contributed by atoms with Crippen molar-refractivity contribution in [3.05, 3.63) is 0 Å². The summed E-state index contributed by atoms with van der Waals surface area (Å²) in [6.07, 6.45) is 0.987. The molecule has 10 heavy (non-hydrogen) atoms. The van der Waals surface area contributed by atoms with Crippen LogP contribution in [0.25, 0.3) is 0 Å². The standard InChI is InChI=1S/C7H12N2O/c8-3-1-6-5-9-4-2-7(6)10/h6-7,9-10H,1-2,4-5H2/t6-,7-/m1/s1. The SMILES string of the molecule is N#CC[C@@H]1CNCC[C@H]1O. The second kappa shape index (κ2) is 3.55. The molecule has 0 saturated carbocycles. The van der Waals surface area contributed by atoms with Gasteiger partial charge < -0.3 is 10.4 Å². The van der Waals surface area contributed by atoms with Gasteiger partial charge in [0.25, 0.3) is 0 Å². The molecule has 3 nitrogen and oxygen atoms in total. The van der Waals surface area contributed by atoms with E-state index in [4.69, 9.17) is 5.26 Å². The van der Waals surface area contributed by atoms with Crippen molar-refractivity contribution in [3.8, 4) is 6.07 Å². The van der Waals surface area contributed by atoms with E-state index in [2.05, 4.69) is 11.4 Å². The molecule has 2 atom stereocenters. The molecule has 1 saturated heterocycles. The van der Waals surface area contributed by atoms with E-state index >= 15 is 0 Å². The van der Waals surface area contributed by atoms with Gasteiger partial charge in [-0.25, -0.2) is 0 Å². The van der Waals surface area contributed by atoms with E-state index in [0.29, 0.717) is 6.42 Å². The lowest BCUT2D eigenvalue weighted by Crippen LogP contribution is -2.39. The average Bonchev–Trinajstić information content (AvgIpc) is 1.94. The highest BCUT2D eigenvalue weighted by molar-refractivity contribution is 4.84. The Bertz CT molecular complexity index is 141. The summed E-state index contributed by atoms with van der Waals surface area (Å²) < 4.78 is 0. The molecule has 0 aromatic rings. The minimum atomic E-state index is -0.263. The summed E-state index contributed by atoms with van der Waals surface area (Å²) in [7, 11) is 0. The van der Waals surface area contributed by atoms with Crippen LogP contribution in [0.3, 0.4) is 0 Å². The van der Waals surface area contributed by atoms with Gasteiger partial charge in [0.05, 0.1) is 12.2 Å². The predicted molar refractivity (Wildman–Crippen MR) is 37.2 cm³/mol. The van der Waals surface area contributed by atoms with E-state index in [-0.39, 0.29) is 12.0 Å². The van der Waals surface area contributed by atoms with E-state index in [1.54, 1.807) is 0 Å². The lowest BCUT2D eigenvalue weighted by atomic mass is 9.94. The molecule has 0 bridgehead atoms. The van der Waals surface area contributed by atoms with Gasteiger partial charge in [-0.15, -0.1) is 0 Å². The Morgan fingerprint density at radius 3 is 3.10 bits per heavy atom. The molecule has 1 aliphatic rings. The third-order valence-electron chi connectivity index (χ3n) is 1.92. The number of nitrogens with zero attached hydrogens (tertiary/aromatic N) is 1. The predicted octanol–water partition coefficient (Wildman–Crippen LogP) is -0.130. The number of rotatable bonds is 1. The first-order valence-corrected chi connectivity index (χ1v) is 3.60. The summed E-state index contributed by atoms with van der Waals surface area (Å²) >= 11 is 0. The number of nitrogens with one attached hydrogen (secondary N) is 1. The quantitative estimate of drug-likeness (QED) is 0.533. The first-order chi connectivity index (χ1) is 4.84. The third-order valence-corrected chi connectivity index (χ3v) is 1.92. The van der Waals surface area contributed by atoms with Crippen molar-refractivity contribution in [2.24, 2.45) is 5.92 Å². The van der Waals surface area contributed by atoms with Crippen LogP contribution in [0.15, 0.2) is 0 Å². The lowest BCUT2D eigenvalue weighted by Gasteiger charge is -2.26. The molecule has 0 aliphatic carbocycles. The van der Waals surface area contributed by atoms with Crippen LogP contribution in [0.4, 0.5) is 0 Å². The number of nitriles is 1. The summed E-state index contributed by atoms with van der Waals surface area (Å²) in [6, 6.07) is 2.07. The highest BCUT2D eigenvalue weighted by atomic mass is 16.3. The molecule has 0 amide bonds. The second-order valence-electron chi connectivity index (χ2n) is 2.68. The molecular weight excluding hydrogens is 128 g/mol. The Labute approximate surface area is 60.7 Å². The highest BCUT2D eigenvalue weighted by Crippen LogP contribution is 2.13. The molecule has 56 valence electrons. The Morgan fingerprint density at radius 2 is 2.50 bits per heavy atom. The fraction of sp³-hybridized carbons (Fsp3) is 0.857. The maximum Gasteiger partial charge on any atom is 0.0626 e. The topological polar surface area (TPSA) is 56.0 Å². The fourth-order valence-electron chi connectivity index (χ4n) is 1.23. The van der Waals surface area contributed by atoms with Crippen LogP contribution in [0.2, 0.25) is 0 Å². The molecule has 0 radical (unpaired) electrons. The van der Waals surface area contributed by atoms with Crippen molar-refractivity contribution >= 4 is 0 Å². The van der Waals surface area contributed by atoms with Crippen molar-refractivity contribution in [1.82, 2.24) is 5.32 Å². The lowest BCUT2D eigenvalue weighted by molar-refractivity contribution is 0.0813. The maximum absolute atomic E-state index is 9.31. The van der Waals surface area contributed by atoms with Crippen LogP contribution < -0.4 is 5.32 Å². The van der Waals surface area contributed by atoms with E-state index in [1.807, 2.05) is 0 Å². The van der Waals surface area contributed by atoms with Crippen LogP contribution in [0.5, 0.6) is 0 Å². The molecule has 2 N–H and O–H groups in total. The summed E-state index contributed by atoms with van der Waals surface area (Å²) in [5, 5.41) is 20.8. The molecular formula is C7H12N2O. The minimum absolute atomic E-state index is 0.152. The van der Waals surface area contributed by atoms with Crippen LogP contribution >= 0.6 is 0 Å². The molecule has 0 aromatic carbocycles. The van der Waals surface area contributed by atoms with Gasteiger partial charge in [0.15, 0.2) is 0 Å². The summed E-state index contributed by atoms with van der Waals surface area (Å²) in [5.74, 6) is 0.152. The maximum atomic E-state index is 9.31. The zero-order valence-electron chi connectivity index (χ0n) is 5.88. The van der Waals surface area contributed by atoms with Gasteiger partial charge in [-0.2, -0.15) is 5.26 Å². The molecule has 1 rings (SSSR count). The molecule has 0 spiro atoms. The molecule has 0 unspecified atom stereocenters. The monoisotopic (exact) mass is 140 g/mol. The smallest absolute Gasteiger partial charge is 0.0626 e. The van der Waals surface area contributed by atoms with Gasteiger partial charge in [0.2, 0.25) is 0 Å². The van der Waals surface area contributed by atoms with Crippen molar-refractivity contribution in [1.29, 1.82) is 5.26 Å². The number of aliphatic hydroxyl groups excluding tert-OH is 1. The van der Waals surface area contributed by atoms with E-state index < -0.39 is 0 Å².